The van der Waals surface area contributed by atoms with Gasteiger partial charge in [-0.1, -0.05) is 30.3 Å². The van der Waals surface area contributed by atoms with Crippen LogP contribution in [-0.4, -0.2) is 38.9 Å². The lowest BCUT2D eigenvalue weighted by Crippen LogP contribution is -2.52. The number of rotatable bonds is 7. The second kappa shape index (κ2) is 6.83. The van der Waals surface area contributed by atoms with Crippen LogP contribution < -0.4 is 11.1 Å². The van der Waals surface area contributed by atoms with Crippen molar-refractivity contribution in [3.8, 4) is 0 Å². The van der Waals surface area contributed by atoms with Gasteiger partial charge in [0, 0.05) is 19.6 Å². The van der Waals surface area contributed by atoms with E-state index in [0.717, 1.165) is 18.6 Å². The number of nitrogens with one attached hydrogen (secondary N) is 1. The predicted octanol–water partition coefficient (Wildman–Crippen LogP) is 0.782. The highest BCUT2D eigenvalue weighted by atomic mass is 16.5. The van der Waals surface area contributed by atoms with Crippen molar-refractivity contribution in [1.82, 2.24) is 5.32 Å². The van der Waals surface area contributed by atoms with Gasteiger partial charge in [-0.05, 0) is 19.0 Å². The molecule has 0 radical (unpaired) electrons. The number of likely N-dealkylation sites (N-methyl/N-ethyl adjacent to an activating group) is 1. The molecule has 1 fully saturated rings. The van der Waals surface area contributed by atoms with Gasteiger partial charge in [0.05, 0.1) is 12.7 Å². The normalized spacial score (nSPS) is 21.6. The Kier molecular flexibility index (Phi) is 5.11. The molecule has 1 aliphatic rings. The predicted molar refractivity (Wildman–Crippen MR) is 76.2 cm³/mol. The van der Waals surface area contributed by atoms with E-state index in [-0.39, 0.29) is 6.10 Å². The number of carbonyl (C=O) groups is 1. The van der Waals surface area contributed by atoms with Crippen molar-refractivity contribution in [2.45, 2.75) is 24.5 Å². The molecule has 110 valence electrons. The first-order valence-electron chi connectivity index (χ1n) is 6.93. The Morgan fingerprint density at radius 3 is 2.80 bits per heavy atom. The summed E-state index contributed by atoms with van der Waals surface area (Å²) in [6, 6.07) is 9.52. The molecule has 1 aromatic carbocycles. The Morgan fingerprint density at radius 1 is 1.50 bits per heavy atom. The quantitative estimate of drug-likeness (QED) is 0.773. The van der Waals surface area contributed by atoms with Gasteiger partial charge in [0.1, 0.15) is 5.54 Å². The second-order valence-corrected chi connectivity index (χ2v) is 4.99. The van der Waals surface area contributed by atoms with Crippen LogP contribution in [0.15, 0.2) is 30.3 Å². The highest BCUT2D eigenvalue weighted by Crippen LogP contribution is 2.25. The van der Waals surface area contributed by atoms with E-state index in [0.29, 0.717) is 19.6 Å². The van der Waals surface area contributed by atoms with Crippen molar-refractivity contribution in [3.63, 3.8) is 0 Å². The van der Waals surface area contributed by atoms with Crippen LogP contribution in [0.5, 0.6) is 0 Å². The summed E-state index contributed by atoms with van der Waals surface area (Å²) in [4.78, 5) is 12.0. The highest BCUT2D eigenvalue weighted by molar-refractivity contribution is 5.86. The topological polar surface area (TPSA) is 73.6 Å². The van der Waals surface area contributed by atoms with E-state index < -0.39 is 11.4 Å². The number of amides is 1. The van der Waals surface area contributed by atoms with Crippen LogP contribution in [0.4, 0.5) is 0 Å². The summed E-state index contributed by atoms with van der Waals surface area (Å²) < 4.78 is 11.0. The molecule has 1 aliphatic heterocycles. The third kappa shape index (κ3) is 3.17. The molecule has 1 saturated heterocycles. The van der Waals surface area contributed by atoms with Gasteiger partial charge >= 0.3 is 0 Å². The van der Waals surface area contributed by atoms with E-state index >= 15 is 0 Å². The lowest BCUT2D eigenvalue weighted by Gasteiger charge is -2.31. The van der Waals surface area contributed by atoms with Crippen molar-refractivity contribution >= 4 is 5.91 Å². The van der Waals surface area contributed by atoms with Crippen LogP contribution in [-0.2, 0) is 19.8 Å². The van der Waals surface area contributed by atoms with Gasteiger partial charge < -0.3 is 20.5 Å². The summed E-state index contributed by atoms with van der Waals surface area (Å²) >= 11 is 0. The fourth-order valence-electron chi connectivity index (χ4n) is 2.55. The summed E-state index contributed by atoms with van der Waals surface area (Å²) in [6.07, 6.45) is 1.54. The largest absolute Gasteiger partial charge is 0.379 e. The molecule has 0 bridgehead atoms. The molecule has 1 aromatic rings. The van der Waals surface area contributed by atoms with Gasteiger partial charge in [-0.2, -0.15) is 0 Å². The van der Waals surface area contributed by atoms with E-state index in [2.05, 4.69) is 5.32 Å². The van der Waals surface area contributed by atoms with Crippen LogP contribution in [0.3, 0.4) is 0 Å². The van der Waals surface area contributed by atoms with Gasteiger partial charge in [0.2, 0.25) is 5.91 Å². The maximum Gasteiger partial charge on any atom is 0.242 e. The van der Waals surface area contributed by atoms with Crippen LogP contribution in [0.25, 0.3) is 0 Å². The Hall–Kier alpha value is -1.43. The molecule has 0 aromatic heterocycles. The van der Waals surface area contributed by atoms with Gasteiger partial charge in [-0.15, -0.1) is 0 Å². The number of hydrogen-bond donors (Lipinski definition) is 2. The van der Waals surface area contributed by atoms with E-state index in [9.17, 15) is 4.79 Å². The third-order valence-corrected chi connectivity index (χ3v) is 3.83. The van der Waals surface area contributed by atoms with Gasteiger partial charge in [0.15, 0.2) is 0 Å². The van der Waals surface area contributed by atoms with Crippen molar-refractivity contribution in [2.24, 2.45) is 5.73 Å². The average molecular weight is 278 g/mol. The van der Waals surface area contributed by atoms with Crippen LogP contribution in [0, 0.1) is 0 Å². The van der Waals surface area contributed by atoms with Crippen molar-refractivity contribution in [3.05, 3.63) is 35.9 Å². The number of carbonyl (C=O) groups excluding carboxylic acids is 1. The third-order valence-electron chi connectivity index (χ3n) is 3.83. The zero-order chi connectivity index (χ0) is 14.4. The molecule has 2 atom stereocenters. The van der Waals surface area contributed by atoms with Gasteiger partial charge in [-0.3, -0.25) is 4.79 Å². The maximum absolute atomic E-state index is 12.0. The molecular formula is C15H22N2O3. The minimum absolute atomic E-state index is 0.133. The fourth-order valence-corrected chi connectivity index (χ4v) is 2.55. The molecule has 5 heteroatoms. The Balaban J connectivity index is 2.05. The average Bonchev–Trinajstić information content (AvgIpc) is 2.97. The van der Waals surface area contributed by atoms with Crippen molar-refractivity contribution in [1.29, 1.82) is 0 Å². The zero-order valence-corrected chi connectivity index (χ0v) is 11.8. The summed E-state index contributed by atoms with van der Waals surface area (Å²) in [5.41, 5.74) is 5.60. The molecule has 2 rings (SSSR count). The number of benzene rings is 1. The minimum atomic E-state index is -0.888. The van der Waals surface area contributed by atoms with E-state index in [1.807, 2.05) is 30.3 Å². The smallest absolute Gasteiger partial charge is 0.242 e. The summed E-state index contributed by atoms with van der Waals surface area (Å²) in [5.74, 6) is -0.391. The fraction of sp³-hybridized carbons (Fsp3) is 0.533. The standard InChI is InChI=1S/C15H22N2O3/c1-17-15(14(16)18,12-5-3-2-4-6-12)8-10-20-13-7-9-19-11-13/h2-6,13,17H,7-11H2,1H3,(H2,16,18). The number of hydrogen-bond acceptors (Lipinski definition) is 4. The van der Waals surface area contributed by atoms with E-state index in [1.165, 1.54) is 0 Å². The molecule has 0 aliphatic carbocycles. The highest BCUT2D eigenvalue weighted by Gasteiger charge is 2.36. The van der Waals surface area contributed by atoms with Gasteiger partial charge in [-0.25, -0.2) is 0 Å². The zero-order valence-electron chi connectivity index (χ0n) is 11.8. The monoisotopic (exact) mass is 278 g/mol. The molecule has 1 amide bonds. The minimum Gasteiger partial charge on any atom is -0.379 e. The Morgan fingerprint density at radius 2 is 2.25 bits per heavy atom. The molecule has 3 N–H and O–H groups in total. The van der Waals surface area contributed by atoms with Crippen LogP contribution >= 0.6 is 0 Å². The van der Waals surface area contributed by atoms with Crippen LogP contribution in [0.1, 0.15) is 18.4 Å². The summed E-state index contributed by atoms with van der Waals surface area (Å²) in [6.45, 7) is 1.84. The number of primary amides is 1. The number of nitrogens with two attached hydrogens (primary N) is 1. The van der Waals surface area contributed by atoms with Crippen molar-refractivity contribution < 1.29 is 14.3 Å². The van der Waals surface area contributed by atoms with Crippen LogP contribution in [0.2, 0.25) is 0 Å². The van der Waals surface area contributed by atoms with Gasteiger partial charge in [0.25, 0.3) is 0 Å². The molecule has 20 heavy (non-hydrogen) atoms. The molecule has 5 nitrogen and oxygen atoms in total. The molecule has 1 heterocycles. The molecular weight excluding hydrogens is 256 g/mol. The maximum atomic E-state index is 12.0. The summed E-state index contributed by atoms with van der Waals surface area (Å²) in [7, 11) is 1.75. The lowest BCUT2D eigenvalue weighted by molar-refractivity contribution is -0.125. The molecule has 0 spiro atoms. The van der Waals surface area contributed by atoms with E-state index in [4.69, 9.17) is 15.2 Å². The Bertz CT molecular complexity index is 432. The molecule has 0 saturated carbocycles. The van der Waals surface area contributed by atoms with Crippen molar-refractivity contribution in [2.75, 3.05) is 26.9 Å². The summed E-state index contributed by atoms with van der Waals surface area (Å²) in [5, 5.41) is 3.07. The van der Waals surface area contributed by atoms with E-state index in [1.54, 1.807) is 7.05 Å². The Labute approximate surface area is 119 Å². The first-order chi connectivity index (χ1) is 9.69. The first-order valence-corrected chi connectivity index (χ1v) is 6.93. The first kappa shape index (κ1) is 15.0. The lowest BCUT2D eigenvalue weighted by atomic mass is 9.86. The SMILES string of the molecule is CNC(CCOC1CCOC1)(C(N)=O)c1ccccc1. The molecule has 2 unspecified atom stereocenters. The second-order valence-electron chi connectivity index (χ2n) is 4.99. The number of ether oxygens (including phenoxy) is 2.